The Balaban J connectivity index is 1.36. The van der Waals surface area contributed by atoms with Crippen LogP contribution >= 0.6 is 11.6 Å². The summed E-state index contributed by atoms with van der Waals surface area (Å²) in [7, 11) is -3.30. The standard InChI is InChI=1S/C21H21ClN4O3S/c1-30(28,29)26-11-7-14-12-15(2-5-20(14)26)21(27)25-10-9-24-18-6-8-23-19-13-16(22)3-4-17(18)19/h2-6,8,12-13H,7,9-11H2,1H3,(H,23,24)(H,25,27). The number of sulfonamides is 1. The summed E-state index contributed by atoms with van der Waals surface area (Å²) in [5.74, 6) is -0.191. The second-order valence-corrected chi connectivity index (χ2v) is 9.47. The molecule has 0 aliphatic carbocycles. The first-order valence-corrected chi connectivity index (χ1v) is 11.7. The summed E-state index contributed by atoms with van der Waals surface area (Å²) in [6, 6.07) is 12.5. The van der Waals surface area contributed by atoms with Crippen LogP contribution in [0.2, 0.25) is 5.02 Å². The van der Waals surface area contributed by atoms with Gasteiger partial charge >= 0.3 is 0 Å². The number of pyridine rings is 1. The van der Waals surface area contributed by atoms with Crippen LogP contribution in [0, 0.1) is 0 Å². The van der Waals surface area contributed by atoms with E-state index in [-0.39, 0.29) is 5.91 Å². The molecule has 9 heteroatoms. The number of amides is 1. The molecular weight excluding hydrogens is 424 g/mol. The lowest BCUT2D eigenvalue weighted by Crippen LogP contribution is -2.29. The van der Waals surface area contributed by atoms with Crippen molar-refractivity contribution >= 4 is 49.8 Å². The first-order chi connectivity index (χ1) is 14.3. The molecule has 0 saturated heterocycles. The van der Waals surface area contributed by atoms with E-state index in [1.54, 1.807) is 24.4 Å². The molecule has 2 aromatic carbocycles. The van der Waals surface area contributed by atoms with Gasteiger partial charge in [0.2, 0.25) is 10.0 Å². The fourth-order valence-corrected chi connectivity index (χ4v) is 4.73. The van der Waals surface area contributed by atoms with E-state index in [0.717, 1.165) is 22.2 Å². The van der Waals surface area contributed by atoms with E-state index in [2.05, 4.69) is 15.6 Å². The third kappa shape index (κ3) is 4.20. The van der Waals surface area contributed by atoms with E-state index < -0.39 is 10.0 Å². The Morgan fingerprint density at radius 2 is 2.00 bits per heavy atom. The first-order valence-electron chi connectivity index (χ1n) is 9.50. The predicted molar refractivity (Wildman–Crippen MR) is 120 cm³/mol. The molecule has 3 aromatic rings. The highest BCUT2D eigenvalue weighted by Crippen LogP contribution is 2.30. The van der Waals surface area contributed by atoms with Gasteiger partial charge in [-0.2, -0.15) is 0 Å². The van der Waals surface area contributed by atoms with Crippen LogP contribution in [0.4, 0.5) is 11.4 Å². The molecule has 2 N–H and O–H groups in total. The van der Waals surface area contributed by atoms with E-state index in [1.807, 2.05) is 24.3 Å². The highest BCUT2D eigenvalue weighted by Gasteiger charge is 2.26. The van der Waals surface area contributed by atoms with Crippen molar-refractivity contribution < 1.29 is 13.2 Å². The minimum absolute atomic E-state index is 0.191. The number of hydrogen-bond donors (Lipinski definition) is 2. The van der Waals surface area contributed by atoms with Crippen molar-refractivity contribution in [1.29, 1.82) is 0 Å². The van der Waals surface area contributed by atoms with Gasteiger partial charge in [-0.25, -0.2) is 8.42 Å². The third-order valence-electron chi connectivity index (χ3n) is 5.03. The summed E-state index contributed by atoms with van der Waals surface area (Å²) < 4.78 is 25.0. The van der Waals surface area contributed by atoms with Crippen LogP contribution in [0.3, 0.4) is 0 Å². The number of rotatable bonds is 6. The molecule has 1 aliphatic rings. The van der Waals surface area contributed by atoms with Gasteiger partial charge in [0.15, 0.2) is 0 Å². The summed E-state index contributed by atoms with van der Waals surface area (Å²) in [6.07, 6.45) is 3.50. The molecule has 0 fully saturated rings. The number of halogens is 1. The van der Waals surface area contributed by atoms with E-state index in [9.17, 15) is 13.2 Å². The van der Waals surface area contributed by atoms with Gasteiger partial charge in [-0.3, -0.25) is 14.1 Å². The largest absolute Gasteiger partial charge is 0.383 e. The number of nitrogens with one attached hydrogen (secondary N) is 2. The molecule has 0 radical (unpaired) electrons. The van der Waals surface area contributed by atoms with Crippen LogP contribution in [0.15, 0.2) is 48.7 Å². The lowest BCUT2D eigenvalue weighted by molar-refractivity contribution is 0.0955. The zero-order chi connectivity index (χ0) is 21.3. The SMILES string of the molecule is CS(=O)(=O)N1CCc2cc(C(=O)NCCNc3ccnc4cc(Cl)ccc34)ccc21. The van der Waals surface area contributed by atoms with Crippen LogP contribution < -0.4 is 14.9 Å². The maximum atomic E-state index is 12.5. The quantitative estimate of drug-likeness (QED) is 0.570. The van der Waals surface area contributed by atoms with Crippen molar-refractivity contribution in [1.82, 2.24) is 10.3 Å². The maximum Gasteiger partial charge on any atom is 0.251 e. The Morgan fingerprint density at radius 3 is 2.80 bits per heavy atom. The van der Waals surface area contributed by atoms with Crippen LogP contribution in [-0.4, -0.2) is 45.2 Å². The molecule has 0 bridgehead atoms. The van der Waals surface area contributed by atoms with Gasteiger partial charge in [0.1, 0.15) is 0 Å². The van der Waals surface area contributed by atoms with Crippen LogP contribution in [0.5, 0.6) is 0 Å². The Bertz CT molecular complexity index is 1230. The molecule has 1 aromatic heterocycles. The number of anilines is 2. The minimum atomic E-state index is -3.30. The predicted octanol–water partition coefficient (Wildman–Crippen LogP) is 3.05. The molecule has 1 amide bonds. The third-order valence-corrected chi connectivity index (χ3v) is 6.44. The summed E-state index contributed by atoms with van der Waals surface area (Å²) in [5.41, 5.74) is 3.77. The van der Waals surface area contributed by atoms with Gasteiger partial charge < -0.3 is 10.6 Å². The van der Waals surface area contributed by atoms with Gasteiger partial charge in [-0.15, -0.1) is 0 Å². The maximum absolute atomic E-state index is 12.5. The van der Waals surface area contributed by atoms with Gasteiger partial charge in [0, 0.05) is 47.5 Å². The summed E-state index contributed by atoms with van der Waals surface area (Å²) in [6.45, 7) is 1.39. The number of fused-ring (bicyclic) bond motifs is 2. The average Bonchev–Trinajstić information content (AvgIpc) is 3.14. The van der Waals surface area contributed by atoms with E-state index >= 15 is 0 Å². The Labute approximate surface area is 180 Å². The number of hydrogen-bond acceptors (Lipinski definition) is 5. The zero-order valence-electron chi connectivity index (χ0n) is 16.4. The van der Waals surface area contributed by atoms with Gasteiger partial charge in [-0.05, 0) is 54.4 Å². The van der Waals surface area contributed by atoms with Crippen LogP contribution in [-0.2, 0) is 16.4 Å². The second-order valence-electron chi connectivity index (χ2n) is 7.13. The molecule has 0 atom stereocenters. The molecule has 30 heavy (non-hydrogen) atoms. The molecule has 156 valence electrons. The molecule has 1 aliphatic heterocycles. The van der Waals surface area contributed by atoms with Crippen LogP contribution in [0.1, 0.15) is 15.9 Å². The molecule has 0 saturated carbocycles. The first kappa shape index (κ1) is 20.4. The van der Waals surface area contributed by atoms with Gasteiger partial charge in [0.25, 0.3) is 5.91 Å². The number of nitrogens with zero attached hydrogens (tertiary/aromatic N) is 2. The van der Waals surface area contributed by atoms with Gasteiger partial charge in [-0.1, -0.05) is 11.6 Å². The van der Waals surface area contributed by atoms with Crippen molar-refractivity contribution in [3.05, 3.63) is 64.8 Å². The molecule has 7 nitrogen and oxygen atoms in total. The van der Waals surface area contributed by atoms with Gasteiger partial charge in [0.05, 0.1) is 17.5 Å². The topological polar surface area (TPSA) is 91.4 Å². The molecule has 0 spiro atoms. The average molecular weight is 445 g/mol. The fraction of sp³-hybridized carbons (Fsp3) is 0.238. The zero-order valence-corrected chi connectivity index (χ0v) is 17.9. The monoisotopic (exact) mass is 444 g/mol. The van der Waals surface area contributed by atoms with Crippen molar-refractivity contribution in [2.24, 2.45) is 0 Å². The van der Waals surface area contributed by atoms with Crippen molar-refractivity contribution in [2.75, 3.05) is 35.5 Å². The van der Waals surface area contributed by atoms with Crippen molar-refractivity contribution in [3.63, 3.8) is 0 Å². The lowest BCUT2D eigenvalue weighted by atomic mass is 10.1. The van der Waals surface area contributed by atoms with Crippen LogP contribution in [0.25, 0.3) is 10.9 Å². The number of carbonyl (C=O) groups excluding carboxylic acids is 1. The minimum Gasteiger partial charge on any atom is -0.383 e. The lowest BCUT2D eigenvalue weighted by Gasteiger charge is -2.16. The molecular formula is C21H21ClN4O3S. The summed E-state index contributed by atoms with van der Waals surface area (Å²) in [5, 5.41) is 7.79. The Hall–Kier alpha value is -2.84. The summed E-state index contributed by atoms with van der Waals surface area (Å²) in [4.78, 5) is 16.8. The highest BCUT2D eigenvalue weighted by molar-refractivity contribution is 7.92. The fourth-order valence-electron chi connectivity index (χ4n) is 3.61. The molecule has 2 heterocycles. The van der Waals surface area contributed by atoms with E-state index in [0.29, 0.717) is 42.3 Å². The van der Waals surface area contributed by atoms with Crippen molar-refractivity contribution in [2.45, 2.75) is 6.42 Å². The Kier molecular flexibility index (Phi) is 5.53. The highest BCUT2D eigenvalue weighted by atomic mass is 35.5. The number of benzene rings is 2. The normalized spacial score (nSPS) is 13.3. The number of carbonyl (C=O) groups is 1. The summed E-state index contributed by atoms with van der Waals surface area (Å²) >= 11 is 6.02. The molecule has 0 unspecified atom stereocenters. The number of aromatic nitrogens is 1. The Morgan fingerprint density at radius 1 is 1.17 bits per heavy atom. The smallest absolute Gasteiger partial charge is 0.251 e. The van der Waals surface area contributed by atoms with E-state index in [4.69, 9.17) is 11.6 Å². The van der Waals surface area contributed by atoms with Crippen molar-refractivity contribution in [3.8, 4) is 0 Å². The second kappa shape index (κ2) is 8.12. The van der Waals surface area contributed by atoms with E-state index in [1.165, 1.54) is 10.6 Å². The molecule has 4 rings (SSSR count).